The van der Waals surface area contributed by atoms with Gasteiger partial charge >= 0.3 is 0 Å². The molecule has 1 atom stereocenters. The van der Waals surface area contributed by atoms with E-state index in [1.54, 1.807) is 12.1 Å². The molecule has 1 aliphatic heterocycles. The summed E-state index contributed by atoms with van der Waals surface area (Å²) in [7, 11) is 1.11. The van der Waals surface area contributed by atoms with E-state index in [9.17, 15) is 8.42 Å². The van der Waals surface area contributed by atoms with Gasteiger partial charge in [0.05, 0.1) is 33.5 Å². The van der Waals surface area contributed by atoms with E-state index in [1.807, 2.05) is 29.9 Å². The van der Waals surface area contributed by atoms with Crippen LogP contribution in [0.25, 0.3) is 0 Å². The van der Waals surface area contributed by atoms with Crippen molar-refractivity contribution in [2.45, 2.75) is 10.9 Å². The molecule has 2 heterocycles. The number of rotatable bonds is 8. The summed E-state index contributed by atoms with van der Waals surface area (Å²) in [4.78, 5) is 2.30. The zero-order chi connectivity index (χ0) is 20.1. The minimum absolute atomic E-state index is 0.0574. The lowest BCUT2D eigenvalue weighted by Crippen LogP contribution is -2.44. The smallest absolute Gasteiger partial charge is 0.244 e. The summed E-state index contributed by atoms with van der Waals surface area (Å²) < 4.78 is 46.7. The van der Waals surface area contributed by atoms with Crippen LogP contribution >= 0.6 is 0 Å². The highest BCUT2D eigenvalue weighted by Crippen LogP contribution is 2.29. The number of morpholine rings is 1. The van der Waals surface area contributed by atoms with E-state index >= 15 is 0 Å². The number of hydrogen-bond donors (Lipinski definition) is 1. The van der Waals surface area contributed by atoms with Crippen molar-refractivity contribution in [3.8, 4) is 11.5 Å². The van der Waals surface area contributed by atoms with Crippen molar-refractivity contribution in [1.82, 2.24) is 14.2 Å². The molecule has 9 heteroatoms. The Morgan fingerprint density at radius 3 is 2.54 bits per heavy atom. The summed E-state index contributed by atoms with van der Waals surface area (Å²) in [6.07, 6.45) is 1.96. The van der Waals surface area contributed by atoms with Gasteiger partial charge < -0.3 is 18.8 Å². The second kappa shape index (κ2) is 8.95. The van der Waals surface area contributed by atoms with E-state index in [4.69, 9.17) is 14.2 Å². The minimum atomic E-state index is -3.80. The van der Waals surface area contributed by atoms with Crippen LogP contribution in [0.4, 0.5) is 0 Å². The Kier molecular flexibility index (Phi) is 6.61. The van der Waals surface area contributed by atoms with Gasteiger partial charge in [0.1, 0.15) is 16.4 Å². The molecular weight excluding hydrogens is 382 g/mol. The molecule has 8 nitrogen and oxygen atoms in total. The zero-order valence-electron chi connectivity index (χ0n) is 16.4. The monoisotopic (exact) mass is 409 g/mol. The Labute approximate surface area is 166 Å². The van der Waals surface area contributed by atoms with Crippen LogP contribution in [0.1, 0.15) is 11.7 Å². The van der Waals surface area contributed by atoms with Crippen LogP contribution in [-0.2, 0) is 21.8 Å². The number of benzene rings is 1. The lowest BCUT2D eigenvalue weighted by Gasteiger charge is -2.35. The van der Waals surface area contributed by atoms with Gasteiger partial charge in [0.25, 0.3) is 0 Å². The van der Waals surface area contributed by atoms with E-state index in [2.05, 4.69) is 9.62 Å². The lowest BCUT2D eigenvalue weighted by molar-refractivity contribution is 0.0158. The normalized spacial score (nSPS) is 16.7. The number of nitrogens with one attached hydrogen (secondary N) is 1. The maximum atomic E-state index is 13.0. The average Bonchev–Trinajstić information content (AvgIpc) is 3.14. The van der Waals surface area contributed by atoms with Crippen molar-refractivity contribution in [1.29, 1.82) is 0 Å². The number of hydrogen-bond acceptors (Lipinski definition) is 6. The highest BCUT2D eigenvalue weighted by atomic mass is 32.2. The fraction of sp³-hybridized carbons (Fsp3) is 0.474. The molecule has 0 spiro atoms. The third-order valence-corrected chi connectivity index (χ3v) is 6.38. The Bertz CT molecular complexity index is 891. The summed E-state index contributed by atoms with van der Waals surface area (Å²) in [6.45, 7) is 3.01. The fourth-order valence-electron chi connectivity index (χ4n) is 3.39. The average molecular weight is 410 g/mol. The SMILES string of the molecule is COc1ccc(OC)c(S(=O)(=O)NCC(c2cccn2C)N2CCOCC2)c1. The molecule has 1 N–H and O–H groups in total. The minimum Gasteiger partial charge on any atom is -0.497 e. The summed E-state index contributed by atoms with van der Waals surface area (Å²) >= 11 is 0. The molecule has 0 bridgehead atoms. The Morgan fingerprint density at radius 2 is 1.93 bits per heavy atom. The van der Waals surface area contributed by atoms with Gasteiger partial charge in [0.15, 0.2) is 0 Å². The number of ether oxygens (including phenoxy) is 3. The first-order valence-electron chi connectivity index (χ1n) is 9.11. The van der Waals surface area contributed by atoms with Crippen LogP contribution in [0, 0.1) is 0 Å². The second-order valence-electron chi connectivity index (χ2n) is 6.58. The number of nitrogens with zero attached hydrogens (tertiary/aromatic N) is 2. The Balaban J connectivity index is 1.85. The molecule has 1 fully saturated rings. The Morgan fingerprint density at radius 1 is 1.18 bits per heavy atom. The molecule has 0 amide bonds. The standard InChI is InChI=1S/C19H27N3O5S/c1-21-8-4-5-16(21)17(22-9-11-27-12-10-22)14-20-28(23,24)19-13-15(25-2)6-7-18(19)26-3/h4-8,13,17,20H,9-12,14H2,1-3H3. The van der Waals surface area contributed by atoms with Gasteiger partial charge in [-0.15, -0.1) is 0 Å². The largest absolute Gasteiger partial charge is 0.497 e. The second-order valence-corrected chi connectivity index (χ2v) is 8.31. The van der Waals surface area contributed by atoms with E-state index in [0.717, 1.165) is 18.8 Å². The number of aryl methyl sites for hydroxylation is 1. The number of methoxy groups -OCH3 is 2. The molecule has 1 unspecified atom stereocenters. The van der Waals surface area contributed by atoms with Crippen LogP contribution in [0.15, 0.2) is 41.4 Å². The highest BCUT2D eigenvalue weighted by molar-refractivity contribution is 7.89. The molecular formula is C19H27N3O5S. The van der Waals surface area contributed by atoms with Crippen LogP contribution in [0.2, 0.25) is 0 Å². The topological polar surface area (TPSA) is 82.0 Å². The molecule has 1 saturated heterocycles. The first kappa shape index (κ1) is 20.7. The third kappa shape index (κ3) is 4.49. The van der Waals surface area contributed by atoms with E-state index in [1.165, 1.54) is 20.3 Å². The van der Waals surface area contributed by atoms with E-state index in [0.29, 0.717) is 19.0 Å². The van der Waals surface area contributed by atoms with E-state index < -0.39 is 10.0 Å². The molecule has 1 aromatic carbocycles. The van der Waals surface area contributed by atoms with Crippen molar-refractivity contribution < 1.29 is 22.6 Å². The molecule has 154 valence electrons. The first-order valence-corrected chi connectivity index (χ1v) is 10.6. The molecule has 1 aliphatic rings. The van der Waals surface area contributed by atoms with Crippen molar-refractivity contribution in [3.05, 3.63) is 42.2 Å². The quantitative estimate of drug-likeness (QED) is 0.710. The Hall–Kier alpha value is -2.07. The maximum absolute atomic E-state index is 13.0. The third-order valence-electron chi connectivity index (χ3n) is 4.94. The molecule has 0 saturated carbocycles. The molecule has 2 aromatic rings. The van der Waals surface area contributed by atoms with Crippen molar-refractivity contribution in [2.24, 2.45) is 7.05 Å². The summed E-state index contributed by atoms with van der Waals surface area (Å²) in [5, 5.41) is 0. The van der Waals surface area contributed by atoms with Gasteiger partial charge in [-0.2, -0.15) is 0 Å². The highest BCUT2D eigenvalue weighted by Gasteiger charge is 2.28. The fourth-order valence-corrected chi connectivity index (χ4v) is 4.61. The van der Waals surface area contributed by atoms with Gasteiger partial charge in [-0.3, -0.25) is 4.90 Å². The van der Waals surface area contributed by atoms with Crippen LogP contribution in [-0.4, -0.2) is 65.0 Å². The molecule has 0 radical (unpaired) electrons. The van der Waals surface area contributed by atoms with Gasteiger partial charge in [0, 0.05) is 44.6 Å². The predicted molar refractivity (Wildman–Crippen MR) is 105 cm³/mol. The van der Waals surface area contributed by atoms with Gasteiger partial charge in [0.2, 0.25) is 10.0 Å². The van der Waals surface area contributed by atoms with Crippen molar-refractivity contribution >= 4 is 10.0 Å². The van der Waals surface area contributed by atoms with E-state index in [-0.39, 0.29) is 23.2 Å². The van der Waals surface area contributed by atoms with Crippen LogP contribution in [0.3, 0.4) is 0 Å². The zero-order valence-corrected chi connectivity index (χ0v) is 17.2. The number of sulfonamides is 1. The van der Waals surface area contributed by atoms with Crippen LogP contribution in [0.5, 0.6) is 11.5 Å². The van der Waals surface area contributed by atoms with Crippen molar-refractivity contribution in [3.63, 3.8) is 0 Å². The first-order chi connectivity index (χ1) is 13.5. The summed E-state index contributed by atoms with van der Waals surface area (Å²) in [5.74, 6) is 0.725. The van der Waals surface area contributed by atoms with Gasteiger partial charge in [-0.05, 0) is 24.3 Å². The van der Waals surface area contributed by atoms with Crippen molar-refractivity contribution in [2.75, 3.05) is 47.1 Å². The lowest BCUT2D eigenvalue weighted by atomic mass is 10.1. The van der Waals surface area contributed by atoms with Gasteiger partial charge in [-0.25, -0.2) is 13.1 Å². The predicted octanol–water partition coefficient (Wildman–Crippen LogP) is 1.39. The van der Waals surface area contributed by atoms with Crippen LogP contribution < -0.4 is 14.2 Å². The summed E-state index contributed by atoms with van der Waals surface area (Å²) in [5.41, 5.74) is 1.04. The number of aromatic nitrogens is 1. The maximum Gasteiger partial charge on any atom is 0.244 e. The molecule has 3 rings (SSSR count). The molecule has 1 aromatic heterocycles. The molecule has 28 heavy (non-hydrogen) atoms. The summed E-state index contributed by atoms with van der Waals surface area (Å²) in [6, 6.07) is 8.59. The van der Waals surface area contributed by atoms with Gasteiger partial charge in [-0.1, -0.05) is 0 Å². The molecule has 0 aliphatic carbocycles.